The molecule has 7 heteroatoms. The van der Waals surface area contributed by atoms with Crippen molar-refractivity contribution in [3.63, 3.8) is 0 Å². The van der Waals surface area contributed by atoms with E-state index in [1.807, 2.05) is 36.4 Å². The van der Waals surface area contributed by atoms with Gasteiger partial charge in [-0.1, -0.05) is 89.0 Å². The van der Waals surface area contributed by atoms with E-state index in [0.29, 0.717) is 45.3 Å². The zero-order chi connectivity index (χ0) is 32.9. The standard InChI is InChI=1S/C41H37N3O4/c1-2-3-4-5-6-7-8-9-10-11-24-43-38(45)30-16-12-26-28-14-18-32-37-33(41(48)44(40(32)47)25-20-22-42-23-21-25)19-15-29(35(28)37)27-13-17-31(39(43)46)36(30)34(26)27/h12-23H,2-11,24H2,1H3. The smallest absolute Gasteiger partial charge is 0.265 e. The molecule has 6 aromatic rings. The number of rotatable bonds is 12. The Bertz CT molecular complexity index is 2160. The molecule has 3 heterocycles. The molecule has 240 valence electrons. The Kier molecular flexibility index (Phi) is 7.63. The first-order chi connectivity index (χ1) is 23.5. The first-order valence-electron chi connectivity index (χ1n) is 17.4. The van der Waals surface area contributed by atoms with Crippen LogP contribution in [0.1, 0.15) is 113 Å². The van der Waals surface area contributed by atoms with Crippen LogP contribution in [0.4, 0.5) is 5.69 Å². The molecule has 0 saturated carbocycles. The molecule has 0 unspecified atom stereocenters. The molecule has 8 rings (SSSR count). The van der Waals surface area contributed by atoms with E-state index < -0.39 is 0 Å². The van der Waals surface area contributed by atoms with Crippen LogP contribution in [0.5, 0.6) is 0 Å². The van der Waals surface area contributed by atoms with Crippen LogP contribution in [0, 0.1) is 0 Å². The third-order valence-corrected chi connectivity index (χ3v) is 10.4. The SMILES string of the molecule is CCCCCCCCCCCCN1C(=O)c2ccc3c4ccc5c6c(ccc(c7ccc(c2c37)C1=O)c64)C(=O)N(c1ccncc1)C5=O. The topological polar surface area (TPSA) is 87.7 Å². The third kappa shape index (κ3) is 4.59. The van der Waals surface area contributed by atoms with E-state index in [1.54, 1.807) is 36.7 Å². The molecule has 0 radical (unpaired) electrons. The number of amides is 4. The van der Waals surface area contributed by atoms with Gasteiger partial charge in [0.25, 0.3) is 23.6 Å². The summed E-state index contributed by atoms with van der Waals surface area (Å²) in [6.07, 6.45) is 15.0. The summed E-state index contributed by atoms with van der Waals surface area (Å²) in [4.78, 5) is 62.0. The number of fused-ring (bicyclic) bond motifs is 2. The van der Waals surface area contributed by atoms with Crippen LogP contribution in [0.3, 0.4) is 0 Å². The number of hydrogen-bond donors (Lipinski definition) is 0. The first-order valence-corrected chi connectivity index (χ1v) is 17.4. The highest BCUT2D eigenvalue weighted by molar-refractivity contribution is 6.43. The van der Waals surface area contributed by atoms with Gasteiger partial charge in [0.15, 0.2) is 0 Å². The Morgan fingerprint density at radius 1 is 0.458 bits per heavy atom. The minimum absolute atomic E-state index is 0.240. The summed E-state index contributed by atoms with van der Waals surface area (Å²) in [6.45, 7) is 2.66. The number of benzene rings is 5. The van der Waals surface area contributed by atoms with Crippen LogP contribution < -0.4 is 4.90 Å². The number of hydrogen-bond acceptors (Lipinski definition) is 5. The van der Waals surface area contributed by atoms with Crippen LogP contribution in [-0.2, 0) is 0 Å². The van der Waals surface area contributed by atoms with E-state index >= 15 is 0 Å². The van der Waals surface area contributed by atoms with Gasteiger partial charge in [0.05, 0.1) is 5.69 Å². The molecular formula is C41H37N3O4. The number of carbonyl (C=O) groups excluding carboxylic acids is 4. The van der Waals surface area contributed by atoms with Crippen LogP contribution in [0.25, 0.3) is 43.1 Å². The maximum atomic E-state index is 13.8. The summed E-state index contributed by atoms with van der Waals surface area (Å²) in [5, 5.41) is 6.58. The largest absolute Gasteiger partial charge is 0.274 e. The number of aromatic nitrogens is 1. The third-order valence-electron chi connectivity index (χ3n) is 10.4. The van der Waals surface area contributed by atoms with Crippen molar-refractivity contribution in [2.24, 2.45) is 0 Å². The second-order valence-corrected chi connectivity index (χ2v) is 13.2. The highest BCUT2D eigenvalue weighted by atomic mass is 16.2. The Morgan fingerprint density at radius 2 is 0.854 bits per heavy atom. The summed E-state index contributed by atoms with van der Waals surface area (Å²) in [7, 11) is 0. The average Bonchev–Trinajstić information content (AvgIpc) is 3.11. The maximum Gasteiger partial charge on any atom is 0.265 e. The van der Waals surface area contributed by atoms with Crippen LogP contribution >= 0.6 is 0 Å². The first kappa shape index (κ1) is 30.2. The van der Waals surface area contributed by atoms with Gasteiger partial charge in [0, 0.05) is 52.0 Å². The summed E-state index contributed by atoms with van der Waals surface area (Å²) in [6, 6.07) is 18.3. The predicted octanol–water partition coefficient (Wildman–Crippen LogP) is 9.45. The van der Waals surface area contributed by atoms with Crippen molar-refractivity contribution in [2.75, 3.05) is 11.4 Å². The second kappa shape index (κ2) is 12.1. The van der Waals surface area contributed by atoms with Gasteiger partial charge in [-0.25, -0.2) is 4.90 Å². The number of nitrogens with zero attached hydrogens (tertiary/aromatic N) is 3. The molecule has 0 N–H and O–H groups in total. The molecule has 0 spiro atoms. The van der Waals surface area contributed by atoms with Gasteiger partial charge in [-0.05, 0) is 75.1 Å². The molecule has 0 saturated heterocycles. The lowest BCUT2D eigenvalue weighted by atomic mass is 9.82. The average molecular weight is 636 g/mol. The Morgan fingerprint density at radius 3 is 1.29 bits per heavy atom. The number of unbranched alkanes of at least 4 members (excludes halogenated alkanes) is 9. The number of carbonyl (C=O) groups is 4. The van der Waals surface area contributed by atoms with Gasteiger partial charge in [-0.3, -0.25) is 29.1 Å². The predicted molar refractivity (Wildman–Crippen MR) is 190 cm³/mol. The molecule has 0 bridgehead atoms. The van der Waals surface area contributed by atoms with Gasteiger partial charge < -0.3 is 0 Å². The monoisotopic (exact) mass is 635 g/mol. The molecule has 5 aromatic carbocycles. The van der Waals surface area contributed by atoms with Crippen molar-refractivity contribution in [1.82, 2.24) is 9.88 Å². The summed E-state index contributed by atoms with van der Waals surface area (Å²) in [5.74, 6) is -1.24. The Balaban J connectivity index is 1.13. The van der Waals surface area contributed by atoms with Crippen molar-refractivity contribution in [3.8, 4) is 0 Å². The molecule has 0 atom stereocenters. The highest BCUT2D eigenvalue weighted by Crippen LogP contribution is 2.46. The Hall–Kier alpha value is -5.17. The fraction of sp³-hybridized carbons (Fsp3) is 0.293. The minimum Gasteiger partial charge on any atom is -0.274 e. The van der Waals surface area contributed by atoms with Crippen molar-refractivity contribution < 1.29 is 19.2 Å². The van der Waals surface area contributed by atoms with Crippen LogP contribution in [0.15, 0.2) is 73.1 Å². The summed E-state index contributed by atoms with van der Waals surface area (Å²) < 4.78 is 0. The quantitative estimate of drug-likeness (QED) is 0.0579. The van der Waals surface area contributed by atoms with E-state index in [2.05, 4.69) is 11.9 Å². The zero-order valence-corrected chi connectivity index (χ0v) is 27.2. The normalized spacial score (nSPS) is 14.5. The highest BCUT2D eigenvalue weighted by Gasteiger charge is 2.37. The fourth-order valence-electron chi connectivity index (χ4n) is 8.01. The van der Waals surface area contributed by atoms with Crippen molar-refractivity contribution in [3.05, 3.63) is 95.3 Å². The van der Waals surface area contributed by atoms with Crippen molar-refractivity contribution >= 4 is 72.4 Å². The summed E-state index contributed by atoms with van der Waals surface area (Å²) >= 11 is 0. The van der Waals surface area contributed by atoms with E-state index in [-0.39, 0.29) is 23.6 Å². The van der Waals surface area contributed by atoms with Crippen LogP contribution in [0.2, 0.25) is 0 Å². The molecule has 0 fully saturated rings. The Labute approximate surface area is 278 Å². The lowest BCUT2D eigenvalue weighted by Gasteiger charge is -2.30. The van der Waals surface area contributed by atoms with E-state index in [9.17, 15) is 19.2 Å². The zero-order valence-electron chi connectivity index (χ0n) is 27.2. The molecule has 0 aliphatic carbocycles. The lowest BCUT2D eigenvalue weighted by Crippen LogP contribution is -2.41. The molecule has 2 aliphatic heterocycles. The minimum atomic E-state index is -0.378. The van der Waals surface area contributed by atoms with Crippen LogP contribution in [-0.4, -0.2) is 40.1 Å². The van der Waals surface area contributed by atoms with Gasteiger partial charge >= 0.3 is 0 Å². The number of imide groups is 2. The lowest BCUT2D eigenvalue weighted by molar-refractivity contribution is 0.0607. The fourth-order valence-corrected chi connectivity index (χ4v) is 8.01. The number of pyridine rings is 1. The molecule has 2 aliphatic rings. The van der Waals surface area contributed by atoms with E-state index in [0.717, 1.165) is 51.6 Å². The summed E-state index contributed by atoms with van der Waals surface area (Å²) in [5.41, 5.74) is 2.49. The molecule has 1 aromatic heterocycles. The van der Waals surface area contributed by atoms with Gasteiger partial charge in [-0.15, -0.1) is 0 Å². The van der Waals surface area contributed by atoms with Gasteiger partial charge in [0.2, 0.25) is 0 Å². The van der Waals surface area contributed by atoms with Crippen molar-refractivity contribution in [2.45, 2.75) is 71.1 Å². The molecule has 48 heavy (non-hydrogen) atoms. The molecule has 7 nitrogen and oxygen atoms in total. The molecular weight excluding hydrogens is 598 g/mol. The molecule has 4 amide bonds. The van der Waals surface area contributed by atoms with Gasteiger partial charge in [0.1, 0.15) is 0 Å². The van der Waals surface area contributed by atoms with E-state index in [4.69, 9.17) is 0 Å². The maximum absolute atomic E-state index is 13.8. The van der Waals surface area contributed by atoms with Gasteiger partial charge in [-0.2, -0.15) is 0 Å². The second-order valence-electron chi connectivity index (χ2n) is 13.2. The number of anilines is 1. The van der Waals surface area contributed by atoms with E-state index in [1.165, 1.54) is 54.7 Å². The van der Waals surface area contributed by atoms with Crippen molar-refractivity contribution in [1.29, 1.82) is 0 Å².